The molecule has 0 saturated carbocycles. The lowest BCUT2D eigenvalue weighted by atomic mass is 9.87. The standard InChI is InChI=1S/C24H26O5/c1-3-18(15-8-6-5-7-9-15)22-20(26)14-21(29-24(22)28)19(4-2)23(27)16-10-12-17(25)13-11-16/h5-14,18-19,23,25-27H,3-4H2,1-2H3/t18?,19-,23-/m0/s1. The van der Waals surface area contributed by atoms with Crippen LogP contribution in [0.15, 0.2) is 69.9 Å². The van der Waals surface area contributed by atoms with Gasteiger partial charge in [0.25, 0.3) is 0 Å². The summed E-state index contributed by atoms with van der Waals surface area (Å²) in [6, 6.07) is 17.2. The van der Waals surface area contributed by atoms with Gasteiger partial charge in [0.2, 0.25) is 0 Å². The van der Waals surface area contributed by atoms with E-state index in [-0.39, 0.29) is 28.7 Å². The van der Waals surface area contributed by atoms with Crippen LogP contribution < -0.4 is 5.63 Å². The third-order valence-corrected chi connectivity index (χ3v) is 5.37. The highest BCUT2D eigenvalue weighted by molar-refractivity contribution is 5.40. The molecule has 29 heavy (non-hydrogen) atoms. The van der Waals surface area contributed by atoms with Gasteiger partial charge >= 0.3 is 5.63 Å². The number of hydrogen-bond acceptors (Lipinski definition) is 5. The molecular formula is C24H26O5. The molecule has 0 aliphatic heterocycles. The summed E-state index contributed by atoms with van der Waals surface area (Å²) >= 11 is 0. The first-order valence-electron chi connectivity index (χ1n) is 9.85. The predicted molar refractivity (Wildman–Crippen MR) is 111 cm³/mol. The minimum Gasteiger partial charge on any atom is -0.508 e. The van der Waals surface area contributed by atoms with Crippen molar-refractivity contribution in [2.24, 2.45) is 0 Å². The zero-order valence-electron chi connectivity index (χ0n) is 16.6. The Morgan fingerprint density at radius 3 is 2.10 bits per heavy atom. The van der Waals surface area contributed by atoms with Crippen LogP contribution in [0.25, 0.3) is 0 Å². The second-order valence-corrected chi connectivity index (χ2v) is 7.16. The van der Waals surface area contributed by atoms with Crippen molar-refractivity contribution in [2.75, 3.05) is 0 Å². The molecular weight excluding hydrogens is 368 g/mol. The van der Waals surface area contributed by atoms with Gasteiger partial charge in [-0.3, -0.25) is 0 Å². The Labute approximate surface area is 169 Å². The van der Waals surface area contributed by atoms with Crippen LogP contribution in [0.1, 0.15) is 67.1 Å². The van der Waals surface area contributed by atoms with Gasteiger partial charge in [-0.25, -0.2) is 4.79 Å². The molecule has 3 rings (SSSR count). The minimum absolute atomic E-state index is 0.106. The Morgan fingerprint density at radius 2 is 1.55 bits per heavy atom. The van der Waals surface area contributed by atoms with Crippen molar-refractivity contribution >= 4 is 0 Å². The number of phenols is 1. The summed E-state index contributed by atoms with van der Waals surface area (Å²) in [6.07, 6.45) is 0.194. The Bertz CT molecular complexity index is 992. The molecule has 0 spiro atoms. The fourth-order valence-electron chi connectivity index (χ4n) is 3.79. The van der Waals surface area contributed by atoms with Gasteiger partial charge in [-0.2, -0.15) is 0 Å². The summed E-state index contributed by atoms with van der Waals surface area (Å²) in [7, 11) is 0. The van der Waals surface area contributed by atoms with Crippen LogP contribution in [0.2, 0.25) is 0 Å². The molecule has 0 radical (unpaired) electrons. The van der Waals surface area contributed by atoms with Gasteiger partial charge in [0.15, 0.2) is 0 Å². The van der Waals surface area contributed by atoms with E-state index in [1.165, 1.54) is 18.2 Å². The van der Waals surface area contributed by atoms with E-state index in [0.717, 1.165) is 5.56 Å². The SMILES string of the molecule is CCC(c1ccccc1)c1c(O)cc([C@H](CC)[C@@H](O)c2ccc(O)cc2)oc1=O. The molecule has 3 aromatic rings. The summed E-state index contributed by atoms with van der Waals surface area (Å²) in [5, 5.41) is 30.9. The molecule has 5 nitrogen and oxygen atoms in total. The third-order valence-electron chi connectivity index (χ3n) is 5.37. The van der Waals surface area contributed by atoms with E-state index >= 15 is 0 Å². The van der Waals surface area contributed by atoms with Crippen molar-refractivity contribution in [1.29, 1.82) is 0 Å². The molecule has 1 heterocycles. The van der Waals surface area contributed by atoms with Gasteiger partial charge < -0.3 is 19.7 Å². The van der Waals surface area contributed by atoms with Gasteiger partial charge in [0.1, 0.15) is 17.3 Å². The smallest absolute Gasteiger partial charge is 0.343 e. The van der Waals surface area contributed by atoms with Crippen LogP contribution in [0, 0.1) is 0 Å². The van der Waals surface area contributed by atoms with Crippen LogP contribution in [0.3, 0.4) is 0 Å². The largest absolute Gasteiger partial charge is 0.508 e. The average molecular weight is 394 g/mol. The number of rotatable bonds is 7. The quantitative estimate of drug-likeness (QED) is 0.534. The lowest BCUT2D eigenvalue weighted by Gasteiger charge is -2.22. The zero-order chi connectivity index (χ0) is 21.0. The molecule has 0 amide bonds. The van der Waals surface area contributed by atoms with Crippen molar-refractivity contribution < 1.29 is 19.7 Å². The Morgan fingerprint density at radius 1 is 0.897 bits per heavy atom. The Balaban J connectivity index is 1.99. The first kappa shape index (κ1) is 20.7. The lowest BCUT2D eigenvalue weighted by molar-refractivity contribution is 0.129. The van der Waals surface area contributed by atoms with Crippen LogP contribution in [0.4, 0.5) is 0 Å². The van der Waals surface area contributed by atoms with Gasteiger partial charge in [0, 0.05) is 17.9 Å². The maximum absolute atomic E-state index is 12.8. The minimum atomic E-state index is -0.940. The van der Waals surface area contributed by atoms with E-state index in [4.69, 9.17) is 4.42 Å². The fourth-order valence-corrected chi connectivity index (χ4v) is 3.79. The maximum atomic E-state index is 12.8. The molecule has 152 valence electrons. The van der Waals surface area contributed by atoms with Gasteiger partial charge in [0.05, 0.1) is 11.7 Å². The average Bonchev–Trinajstić information content (AvgIpc) is 2.72. The molecule has 0 aliphatic carbocycles. The normalized spacial score (nSPS) is 14.3. The van der Waals surface area contributed by atoms with Crippen LogP contribution >= 0.6 is 0 Å². The lowest BCUT2D eigenvalue weighted by Crippen LogP contribution is -2.17. The van der Waals surface area contributed by atoms with Gasteiger partial charge in [-0.05, 0) is 36.1 Å². The molecule has 1 aromatic heterocycles. The number of benzene rings is 2. The second-order valence-electron chi connectivity index (χ2n) is 7.16. The highest BCUT2D eigenvalue weighted by atomic mass is 16.4. The molecule has 2 aromatic carbocycles. The molecule has 0 saturated heterocycles. The summed E-state index contributed by atoms with van der Waals surface area (Å²) in [5.74, 6) is -0.563. The Kier molecular flexibility index (Phi) is 6.39. The van der Waals surface area contributed by atoms with E-state index in [1.54, 1.807) is 12.1 Å². The van der Waals surface area contributed by atoms with Crippen molar-refractivity contribution in [3.63, 3.8) is 0 Å². The monoisotopic (exact) mass is 394 g/mol. The molecule has 3 N–H and O–H groups in total. The highest BCUT2D eigenvalue weighted by Gasteiger charge is 2.28. The molecule has 5 heteroatoms. The summed E-state index contributed by atoms with van der Waals surface area (Å²) in [4.78, 5) is 12.8. The highest BCUT2D eigenvalue weighted by Crippen LogP contribution is 2.37. The number of aliphatic hydroxyl groups is 1. The van der Waals surface area contributed by atoms with Crippen molar-refractivity contribution in [1.82, 2.24) is 0 Å². The number of phenolic OH excluding ortho intramolecular Hbond substituents is 1. The molecule has 3 atom stereocenters. The fraction of sp³-hybridized carbons (Fsp3) is 0.292. The molecule has 1 unspecified atom stereocenters. The van der Waals surface area contributed by atoms with E-state index in [1.807, 2.05) is 44.2 Å². The third kappa shape index (κ3) is 4.35. The number of aromatic hydroxyl groups is 2. The van der Waals surface area contributed by atoms with Crippen molar-refractivity contribution in [3.05, 3.63) is 93.5 Å². The van der Waals surface area contributed by atoms with E-state index < -0.39 is 17.6 Å². The zero-order valence-corrected chi connectivity index (χ0v) is 16.6. The summed E-state index contributed by atoms with van der Waals surface area (Å²) in [5.41, 5.74) is 1.17. The van der Waals surface area contributed by atoms with Crippen LogP contribution in [-0.4, -0.2) is 15.3 Å². The van der Waals surface area contributed by atoms with Gasteiger partial charge in [-0.1, -0.05) is 56.3 Å². The van der Waals surface area contributed by atoms with Crippen molar-refractivity contribution in [2.45, 2.75) is 44.6 Å². The number of aliphatic hydroxyl groups excluding tert-OH is 1. The first-order valence-corrected chi connectivity index (χ1v) is 9.85. The Hall–Kier alpha value is -3.05. The van der Waals surface area contributed by atoms with Crippen LogP contribution in [0.5, 0.6) is 11.5 Å². The number of hydrogen-bond donors (Lipinski definition) is 3. The first-order chi connectivity index (χ1) is 14.0. The van der Waals surface area contributed by atoms with Crippen molar-refractivity contribution in [3.8, 4) is 11.5 Å². The predicted octanol–water partition coefficient (Wildman–Crippen LogP) is 4.82. The molecule has 0 bridgehead atoms. The topological polar surface area (TPSA) is 90.9 Å². The van der Waals surface area contributed by atoms with Crippen LogP contribution in [-0.2, 0) is 0 Å². The van der Waals surface area contributed by atoms with E-state index in [9.17, 15) is 20.1 Å². The second kappa shape index (κ2) is 8.97. The molecule has 0 aliphatic rings. The summed E-state index contributed by atoms with van der Waals surface area (Å²) < 4.78 is 5.59. The molecule has 0 fully saturated rings. The van der Waals surface area contributed by atoms with Gasteiger partial charge in [-0.15, -0.1) is 0 Å². The van der Waals surface area contributed by atoms with E-state index in [2.05, 4.69) is 0 Å². The summed E-state index contributed by atoms with van der Waals surface area (Å²) in [6.45, 7) is 3.83. The van der Waals surface area contributed by atoms with E-state index in [0.29, 0.717) is 18.4 Å². The maximum Gasteiger partial charge on any atom is 0.343 e.